The molecule has 2 heterocycles. The first-order valence-electron chi connectivity index (χ1n) is 5.78. The second kappa shape index (κ2) is 5.46. The number of rotatable bonds is 3. The lowest BCUT2D eigenvalue weighted by Crippen LogP contribution is -2.39. The third-order valence-corrected chi connectivity index (χ3v) is 3.96. The zero-order chi connectivity index (χ0) is 12.3. The fourth-order valence-electron chi connectivity index (χ4n) is 1.97. The summed E-state index contributed by atoms with van der Waals surface area (Å²) in [6.45, 7) is 1.66. The summed E-state index contributed by atoms with van der Waals surface area (Å²) in [5.41, 5.74) is 0.516. The molecule has 2 rings (SSSR count). The van der Waals surface area contributed by atoms with Crippen molar-refractivity contribution in [3.8, 4) is 0 Å². The number of thiazole rings is 1. The Kier molecular flexibility index (Phi) is 3.96. The van der Waals surface area contributed by atoms with Crippen molar-refractivity contribution in [2.45, 2.75) is 12.8 Å². The molecule has 0 bridgehead atoms. The second-order valence-electron chi connectivity index (χ2n) is 4.21. The van der Waals surface area contributed by atoms with E-state index in [1.807, 2.05) is 4.90 Å². The van der Waals surface area contributed by atoms with Crippen LogP contribution in [0.3, 0.4) is 0 Å². The topological polar surface area (TPSA) is 65.5 Å². The summed E-state index contributed by atoms with van der Waals surface area (Å²) in [5, 5.41) is 14.5. The molecule has 1 aromatic rings. The van der Waals surface area contributed by atoms with Gasteiger partial charge in [-0.2, -0.15) is 0 Å². The maximum absolute atomic E-state index is 12.1. The number of piperidine rings is 1. The molecule has 0 saturated carbocycles. The standard InChI is InChI=1S/C11H17N3O2S/c1-12-11-13-9(7-17-11)10(16)14-4-2-8(6-15)3-5-14/h7-8,15H,2-6H2,1H3,(H,12,13). The van der Waals surface area contributed by atoms with Gasteiger partial charge in [-0.25, -0.2) is 4.98 Å². The first-order chi connectivity index (χ1) is 8.24. The molecule has 0 radical (unpaired) electrons. The Bertz CT molecular complexity index is 386. The molecule has 17 heavy (non-hydrogen) atoms. The van der Waals surface area contributed by atoms with Crippen LogP contribution in [-0.4, -0.2) is 47.6 Å². The van der Waals surface area contributed by atoms with Crippen LogP contribution < -0.4 is 5.32 Å². The Labute approximate surface area is 104 Å². The van der Waals surface area contributed by atoms with Crippen LogP contribution in [0.1, 0.15) is 23.3 Å². The predicted molar refractivity (Wildman–Crippen MR) is 67.4 cm³/mol. The summed E-state index contributed by atoms with van der Waals surface area (Å²) in [6.07, 6.45) is 1.76. The number of hydrogen-bond donors (Lipinski definition) is 2. The van der Waals surface area contributed by atoms with Crippen LogP contribution in [0.4, 0.5) is 5.13 Å². The third kappa shape index (κ3) is 2.76. The van der Waals surface area contributed by atoms with E-state index < -0.39 is 0 Å². The highest BCUT2D eigenvalue weighted by Gasteiger charge is 2.24. The first-order valence-corrected chi connectivity index (χ1v) is 6.66. The zero-order valence-corrected chi connectivity index (χ0v) is 10.7. The van der Waals surface area contributed by atoms with Gasteiger partial charge in [-0.15, -0.1) is 11.3 Å². The van der Waals surface area contributed by atoms with E-state index in [2.05, 4.69) is 10.3 Å². The van der Waals surface area contributed by atoms with Crippen molar-refractivity contribution in [3.05, 3.63) is 11.1 Å². The van der Waals surface area contributed by atoms with E-state index in [0.717, 1.165) is 31.1 Å². The Hall–Kier alpha value is -1.14. The molecule has 1 aromatic heterocycles. The molecular formula is C11H17N3O2S. The van der Waals surface area contributed by atoms with Gasteiger partial charge in [0.25, 0.3) is 5.91 Å². The maximum atomic E-state index is 12.1. The SMILES string of the molecule is CNc1nc(C(=O)N2CCC(CO)CC2)cs1. The lowest BCUT2D eigenvalue weighted by atomic mass is 9.98. The van der Waals surface area contributed by atoms with Crippen molar-refractivity contribution in [3.63, 3.8) is 0 Å². The fraction of sp³-hybridized carbons (Fsp3) is 0.636. The molecule has 0 atom stereocenters. The monoisotopic (exact) mass is 255 g/mol. The maximum Gasteiger partial charge on any atom is 0.273 e. The van der Waals surface area contributed by atoms with Crippen LogP contribution in [-0.2, 0) is 0 Å². The van der Waals surface area contributed by atoms with Gasteiger partial charge in [0.15, 0.2) is 5.13 Å². The highest BCUT2D eigenvalue weighted by Crippen LogP contribution is 2.20. The highest BCUT2D eigenvalue weighted by atomic mass is 32.1. The van der Waals surface area contributed by atoms with Gasteiger partial charge in [0, 0.05) is 32.1 Å². The van der Waals surface area contributed by atoms with Gasteiger partial charge in [-0.1, -0.05) is 0 Å². The van der Waals surface area contributed by atoms with Gasteiger partial charge in [0.1, 0.15) is 5.69 Å². The average molecular weight is 255 g/mol. The number of aliphatic hydroxyl groups is 1. The van der Waals surface area contributed by atoms with Crippen molar-refractivity contribution in [2.75, 3.05) is 32.1 Å². The molecule has 0 spiro atoms. The van der Waals surface area contributed by atoms with Crippen LogP contribution in [0.15, 0.2) is 5.38 Å². The van der Waals surface area contributed by atoms with E-state index in [4.69, 9.17) is 5.11 Å². The number of carbonyl (C=O) groups is 1. The van der Waals surface area contributed by atoms with Crippen molar-refractivity contribution in [1.82, 2.24) is 9.88 Å². The van der Waals surface area contributed by atoms with Crippen LogP contribution in [0.2, 0.25) is 0 Å². The number of anilines is 1. The van der Waals surface area contributed by atoms with E-state index in [1.165, 1.54) is 11.3 Å². The fourth-order valence-corrected chi connectivity index (χ4v) is 2.61. The number of carbonyl (C=O) groups excluding carboxylic acids is 1. The molecule has 94 valence electrons. The normalized spacial score (nSPS) is 17.2. The van der Waals surface area contributed by atoms with Gasteiger partial charge in [0.05, 0.1) is 0 Å². The first kappa shape index (κ1) is 12.3. The second-order valence-corrected chi connectivity index (χ2v) is 5.06. The molecule has 1 aliphatic heterocycles. The number of nitrogens with zero attached hydrogens (tertiary/aromatic N) is 2. The Morgan fingerprint density at radius 3 is 2.88 bits per heavy atom. The Balaban J connectivity index is 1.96. The molecule has 0 aliphatic carbocycles. The smallest absolute Gasteiger partial charge is 0.273 e. The molecule has 5 nitrogen and oxygen atoms in total. The average Bonchev–Trinajstić information content (AvgIpc) is 2.87. The summed E-state index contributed by atoms with van der Waals surface area (Å²) in [7, 11) is 1.79. The minimum absolute atomic E-state index is 0.000796. The largest absolute Gasteiger partial charge is 0.396 e. The van der Waals surface area contributed by atoms with Crippen molar-refractivity contribution in [1.29, 1.82) is 0 Å². The molecule has 1 amide bonds. The van der Waals surface area contributed by atoms with E-state index in [9.17, 15) is 4.79 Å². The summed E-state index contributed by atoms with van der Waals surface area (Å²) in [5.74, 6) is 0.349. The summed E-state index contributed by atoms with van der Waals surface area (Å²) in [6, 6.07) is 0. The third-order valence-electron chi connectivity index (χ3n) is 3.10. The van der Waals surface area contributed by atoms with Gasteiger partial charge < -0.3 is 15.3 Å². The molecule has 1 aliphatic rings. The highest BCUT2D eigenvalue weighted by molar-refractivity contribution is 7.13. The predicted octanol–water partition coefficient (Wildman–Crippen LogP) is 1.03. The van der Waals surface area contributed by atoms with E-state index in [0.29, 0.717) is 11.6 Å². The molecule has 1 saturated heterocycles. The van der Waals surface area contributed by atoms with Crippen molar-refractivity contribution < 1.29 is 9.90 Å². The lowest BCUT2D eigenvalue weighted by molar-refractivity contribution is 0.0646. The quantitative estimate of drug-likeness (QED) is 0.846. The zero-order valence-electron chi connectivity index (χ0n) is 9.85. The van der Waals surface area contributed by atoms with Crippen LogP contribution in [0.5, 0.6) is 0 Å². The van der Waals surface area contributed by atoms with Crippen molar-refractivity contribution >= 4 is 22.4 Å². The minimum Gasteiger partial charge on any atom is -0.396 e. The van der Waals surface area contributed by atoms with Crippen molar-refractivity contribution in [2.24, 2.45) is 5.92 Å². The Morgan fingerprint density at radius 2 is 2.35 bits per heavy atom. The number of likely N-dealkylation sites (tertiary alicyclic amines) is 1. The summed E-state index contributed by atoms with van der Waals surface area (Å²) >= 11 is 1.44. The molecular weight excluding hydrogens is 238 g/mol. The number of aromatic nitrogens is 1. The van der Waals surface area contributed by atoms with Crippen LogP contribution >= 0.6 is 11.3 Å². The van der Waals surface area contributed by atoms with E-state index >= 15 is 0 Å². The number of hydrogen-bond acceptors (Lipinski definition) is 5. The molecule has 0 aromatic carbocycles. The minimum atomic E-state index is -0.000796. The van der Waals surface area contributed by atoms with Gasteiger partial charge >= 0.3 is 0 Å². The van der Waals surface area contributed by atoms with Gasteiger partial charge in [-0.3, -0.25) is 4.79 Å². The summed E-state index contributed by atoms with van der Waals surface area (Å²) in [4.78, 5) is 18.1. The number of nitrogens with one attached hydrogen (secondary N) is 1. The van der Waals surface area contributed by atoms with Gasteiger partial charge in [-0.05, 0) is 18.8 Å². The van der Waals surface area contributed by atoms with Crippen LogP contribution in [0, 0.1) is 5.92 Å². The van der Waals surface area contributed by atoms with E-state index in [1.54, 1.807) is 12.4 Å². The molecule has 0 unspecified atom stereocenters. The number of aliphatic hydroxyl groups excluding tert-OH is 1. The van der Waals surface area contributed by atoms with Crippen LogP contribution in [0.25, 0.3) is 0 Å². The Morgan fingerprint density at radius 1 is 1.65 bits per heavy atom. The molecule has 2 N–H and O–H groups in total. The number of amides is 1. The van der Waals surface area contributed by atoms with Gasteiger partial charge in [0.2, 0.25) is 0 Å². The summed E-state index contributed by atoms with van der Waals surface area (Å²) < 4.78 is 0. The van der Waals surface area contributed by atoms with E-state index in [-0.39, 0.29) is 12.5 Å². The molecule has 1 fully saturated rings. The molecule has 6 heteroatoms. The lowest BCUT2D eigenvalue weighted by Gasteiger charge is -2.30.